The molecule has 45 heavy (non-hydrogen) atoms. The standard InChI is InChI=1S/C29H25F4N5O7/c1-42-23-8-15(9-24(43-2)26(23)44-3)22-13-25(29(31,32)33)37-27(36-22)21(14-34-37)28(39)35-17-10-18(38(40)41)12-20(11-17)45-19-6-4-16(30)5-7-19/h4-12,14,22,25,36H,13H2,1-3H3,(H,35,39)/t22-,25+/m0/s1. The van der Waals surface area contributed by atoms with E-state index < -0.39 is 47.0 Å². The Morgan fingerprint density at radius 3 is 2.27 bits per heavy atom. The summed E-state index contributed by atoms with van der Waals surface area (Å²) in [4.78, 5) is 24.3. The summed E-state index contributed by atoms with van der Waals surface area (Å²) in [6.07, 6.45) is -4.24. The first-order valence-corrected chi connectivity index (χ1v) is 13.2. The number of methoxy groups -OCH3 is 3. The molecule has 2 N–H and O–H groups in total. The number of carbonyl (C=O) groups is 1. The van der Waals surface area contributed by atoms with Gasteiger partial charge < -0.3 is 29.6 Å². The lowest BCUT2D eigenvalue weighted by atomic mass is 9.95. The molecule has 3 aromatic carbocycles. The van der Waals surface area contributed by atoms with Gasteiger partial charge in [0.15, 0.2) is 17.5 Å². The number of nitrogens with one attached hydrogen (secondary N) is 2. The third-order valence-corrected chi connectivity index (χ3v) is 6.98. The van der Waals surface area contributed by atoms with Crippen LogP contribution in [0.25, 0.3) is 0 Å². The van der Waals surface area contributed by atoms with E-state index in [1.54, 1.807) is 0 Å². The Kier molecular flexibility index (Phi) is 8.39. The highest BCUT2D eigenvalue weighted by atomic mass is 19.4. The van der Waals surface area contributed by atoms with Crippen LogP contribution in [0, 0.1) is 15.9 Å². The van der Waals surface area contributed by atoms with E-state index in [-0.39, 0.29) is 45.8 Å². The van der Waals surface area contributed by atoms with Crippen molar-refractivity contribution in [1.82, 2.24) is 9.78 Å². The van der Waals surface area contributed by atoms with Gasteiger partial charge in [0.1, 0.15) is 28.7 Å². The highest BCUT2D eigenvalue weighted by molar-refractivity contribution is 6.07. The number of carbonyl (C=O) groups excluding carboxylic acids is 1. The van der Waals surface area contributed by atoms with E-state index in [1.807, 2.05) is 0 Å². The molecular formula is C29H25F4N5O7. The molecule has 1 aliphatic rings. The number of amides is 1. The Morgan fingerprint density at radius 2 is 1.69 bits per heavy atom. The number of fused-ring (bicyclic) bond motifs is 1. The number of nitro benzene ring substituents is 1. The fourth-order valence-electron chi connectivity index (χ4n) is 4.91. The second-order valence-electron chi connectivity index (χ2n) is 9.78. The van der Waals surface area contributed by atoms with Crippen LogP contribution in [0.2, 0.25) is 0 Å². The quantitative estimate of drug-likeness (QED) is 0.118. The normalized spacial score (nSPS) is 15.8. The topological polar surface area (TPSA) is 139 Å². The number of hydrogen-bond donors (Lipinski definition) is 2. The maximum atomic E-state index is 14.3. The first-order valence-electron chi connectivity index (χ1n) is 13.2. The molecule has 2 atom stereocenters. The predicted octanol–water partition coefficient (Wildman–Crippen LogP) is 6.66. The van der Waals surface area contributed by atoms with Gasteiger partial charge in [0.05, 0.1) is 50.2 Å². The van der Waals surface area contributed by atoms with Crippen LogP contribution in [-0.2, 0) is 0 Å². The van der Waals surface area contributed by atoms with Crippen LogP contribution in [0.4, 0.5) is 34.8 Å². The average molecular weight is 632 g/mol. The highest BCUT2D eigenvalue weighted by Gasteiger charge is 2.47. The molecule has 0 saturated heterocycles. The molecule has 1 aliphatic heterocycles. The van der Waals surface area contributed by atoms with Gasteiger partial charge in [-0.05, 0) is 42.0 Å². The van der Waals surface area contributed by atoms with Crippen molar-refractivity contribution in [3.63, 3.8) is 0 Å². The molecule has 5 rings (SSSR count). The first-order chi connectivity index (χ1) is 21.4. The van der Waals surface area contributed by atoms with Crippen LogP contribution in [0.1, 0.15) is 34.4 Å². The van der Waals surface area contributed by atoms with Gasteiger partial charge in [-0.2, -0.15) is 18.3 Å². The van der Waals surface area contributed by atoms with Gasteiger partial charge in [0.25, 0.3) is 11.6 Å². The fraction of sp³-hybridized carbons (Fsp3) is 0.241. The van der Waals surface area contributed by atoms with Crippen molar-refractivity contribution < 1.29 is 46.2 Å². The fourth-order valence-corrected chi connectivity index (χ4v) is 4.91. The molecule has 16 heteroatoms. The number of anilines is 2. The van der Waals surface area contributed by atoms with Gasteiger partial charge >= 0.3 is 6.18 Å². The average Bonchev–Trinajstić information content (AvgIpc) is 3.44. The second-order valence-corrected chi connectivity index (χ2v) is 9.78. The lowest BCUT2D eigenvalue weighted by Gasteiger charge is -2.34. The molecule has 0 radical (unpaired) electrons. The van der Waals surface area contributed by atoms with Crippen molar-refractivity contribution >= 4 is 23.1 Å². The molecule has 2 heterocycles. The number of halogens is 4. The van der Waals surface area contributed by atoms with E-state index in [0.717, 1.165) is 30.5 Å². The molecule has 1 amide bonds. The Hall–Kier alpha value is -5.54. The molecule has 0 bridgehead atoms. The second kappa shape index (κ2) is 12.2. The number of rotatable bonds is 9. The number of nitrogens with zero attached hydrogens (tertiary/aromatic N) is 3. The van der Waals surface area contributed by atoms with Gasteiger partial charge in [-0.25, -0.2) is 9.07 Å². The predicted molar refractivity (Wildman–Crippen MR) is 152 cm³/mol. The van der Waals surface area contributed by atoms with E-state index in [0.29, 0.717) is 10.2 Å². The first kappa shape index (κ1) is 30.9. The molecule has 0 spiro atoms. The van der Waals surface area contributed by atoms with Crippen molar-refractivity contribution in [2.45, 2.75) is 24.7 Å². The molecule has 12 nitrogen and oxygen atoms in total. The maximum absolute atomic E-state index is 14.3. The van der Waals surface area contributed by atoms with E-state index in [4.69, 9.17) is 18.9 Å². The van der Waals surface area contributed by atoms with E-state index in [2.05, 4.69) is 15.7 Å². The third-order valence-electron chi connectivity index (χ3n) is 6.98. The largest absolute Gasteiger partial charge is 0.493 e. The number of nitro groups is 1. The number of aromatic nitrogens is 2. The summed E-state index contributed by atoms with van der Waals surface area (Å²) < 4.78 is 78.4. The van der Waals surface area contributed by atoms with Crippen molar-refractivity contribution in [3.8, 4) is 28.7 Å². The molecule has 0 saturated carbocycles. The van der Waals surface area contributed by atoms with Gasteiger partial charge in [-0.15, -0.1) is 0 Å². The van der Waals surface area contributed by atoms with Crippen LogP contribution in [0.5, 0.6) is 28.7 Å². The zero-order valence-corrected chi connectivity index (χ0v) is 23.8. The summed E-state index contributed by atoms with van der Waals surface area (Å²) in [7, 11) is 4.13. The van der Waals surface area contributed by atoms with Gasteiger partial charge in [0, 0.05) is 18.6 Å². The van der Waals surface area contributed by atoms with Crippen LogP contribution in [0.3, 0.4) is 0 Å². The van der Waals surface area contributed by atoms with Crippen molar-refractivity contribution in [1.29, 1.82) is 0 Å². The van der Waals surface area contributed by atoms with Crippen LogP contribution >= 0.6 is 0 Å². The molecule has 0 fully saturated rings. The number of benzene rings is 3. The minimum atomic E-state index is -4.73. The van der Waals surface area contributed by atoms with Crippen molar-refractivity contribution in [2.75, 3.05) is 32.0 Å². The zero-order chi connectivity index (χ0) is 32.5. The zero-order valence-electron chi connectivity index (χ0n) is 23.8. The summed E-state index contributed by atoms with van der Waals surface area (Å²) in [5, 5.41) is 20.9. The number of ether oxygens (including phenoxy) is 4. The minimum Gasteiger partial charge on any atom is -0.493 e. The Labute approximate surface area is 252 Å². The smallest absolute Gasteiger partial charge is 0.410 e. The summed E-state index contributed by atoms with van der Waals surface area (Å²) in [6.45, 7) is 0. The molecular weight excluding hydrogens is 606 g/mol. The van der Waals surface area contributed by atoms with Crippen LogP contribution in [-0.4, -0.2) is 48.1 Å². The molecule has 236 valence electrons. The monoisotopic (exact) mass is 631 g/mol. The van der Waals surface area contributed by atoms with E-state index in [9.17, 15) is 32.5 Å². The van der Waals surface area contributed by atoms with Crippen molar-refractivity contribution in [3.05, 3.63) is 87.9 Å². The molecule has 1 aromatic heterocycles. The minimum absolute atomic E-state index is 0.0548. The van der Waals surface area contributed by atoms with Gasteiger partial charge in [-0.3, -0.25) is 14.9 Å². The number of hydrogen-bond acceptors (Lipinski definition) is 9. The van der Waals surface area contributed by atoms with E-state index >= 15 is 0 Å². The lowest BCUT2D eigenvalue weighted by molar-refractivity contribution is -0.384. The Bertz CT molecular complexity index is 1720. The summed E-state index contributed by atoms with van der Waals surface area (Å²) in [6, 6.07) is 8.22. The van der Waals surface area contributed by atoms with Gasteiger partial charge in [-0.1, -0.05) is 0 Å². The molecule has 0 aliphatic carbocycles. The van der Waals surface area contributed by atoms with E-state index in [1.165, 1.54) is 51.7 Å². The third kappa shape index (κ3) is 6.39. The summed E-state index contributed by atoms with van der Waals surface area (Å²) >= 11 is 0. The van der Waals surface area contributed by atoms with Crippen LogP contribution in [0.15, 0.2) is 60.8 Å². The molecule has 4 aromatic rings. The van der Waals surface area contributed by atoms with Gasteiger partial charge in [0.2, 0.25) is 5.75 Å². The maximum Gasteiger partial charge on any atom is 0.410 e. The van der Waals surface area contributed by atoms with Crippen molar-refractivity contribution in [2.24, 2.45) is 0 Å². The number of alkyl halides is 3. The Balaban J connectivity index is 1.49. The Morgan fingerprint density at radius 1 is 1.02 bits per heavy atom. The SMILES string of the molecule is COc1cc([C@@H]2C[C@H](C(F)(F)F)n3ncc(C(=O)Nc4cc(Oc5ccc(F)cc5)cc([N+](=O)[O-])c4)c3N2)cc(OC)c1OC. The highest BCUT2D eigenvalue weighted by Crippen LogP contribution is 2.47. The summed E-state index contributed by atoms with van der Waals surface area (Å²) in [5.41, 5.74) is -0.428. The molecule has 0 unspecified atom stereocenters. The van der Waals surface area contributed by atoms with Crippen LogP contribution < -0.4 is 29.6 Å². The lowest BCUT2D eigenvalue weighted by Crippen LogP contribution is -2.36. The number of non-ortho nitro benzene ring substituents is 1. The summed E-state index contributed by atoms with van der Waals surface area (Å²) in [5.74, 6) is -0.848.